The molecule has 4 aromatic rings. The van der Waals surface area contributed by atoms with Crippen molar-refractivity contribution in [2.45, 2.75) is 116 Å². The Morgan fingerprint density at radius 1 is 0.478 bits per heavy atom. The number of benzene rings is 3. The molecule has 0 fully saturated rings. The maximum absolute atomic E-state index is 5.33. The standard InChI is InChI=1S/C40H52N4Si2/c1-25(2)45(26(3)4,27(5)6)23-21-33-31-17-13-14-18-32(31)34(22-24-46(28(7)8,29(9)10)30(11)12)38-37(33)43-39-40(44-38)42-36-20-16-15-19-35(36)41-39/h13-20,25-30H,1-12H3,(H,41,43)(H,42,44). The average molecular weight is 645 g/mol. The third-order valence-corrected chi connectivity index (χ3v) is 23.4. The summed E-state index contributed by atoms with van der Waals surface area (Å²) in [7, 11) is -4.02. The summed E-state index contributed by atoms with van der Waals surface area (Å²) >= 11 is 0. The van der Waals surface area contributed by atoms with Gasteiger partial charge in [0.15, 0.2) is 11.6 Å². The molecule has 0 radical (unpaired) electrons. The molecule has 1 aromatic heterocycles. The highest BCUT2D eigenvalue weighted by molar-refractivity contribution is 6.91. The van der Waals surface area contributed by atoms with Crippen molar-refractivity contribution in [3.05, 3.63) is 59.7 Å². The molecule has 0 amide bonds. The van der Waals surface area contributed by atoms with Crippen molar-refractivity contribution in [3.63, 3.8) is 0 Å². The lowest BCUT2D eigenvalue weighted by atomic mass is 9.97. The molecular formula is C40H52N4Si2. The van der Waals surface area contributed by atoms with Crippen LogP contribution in [0.2, 0.25) is 33.2 Å². The van der Waals surface area contributed by atoms with E-state index in [0.717, 1.165) is 55.9 Å². The maximum atomic E-state index is 5.33. The second-order valence-electron chi connectivity index (χ2n) is 15.0. The highest BCUT2D eigenvalue weighted by Gasteiger charge is 2.43. The van der Waals surface area contributed by atoms with E-state index < -0.39 is 16.1 Å². The molecule has 240 valence electrons. The molecule has 0 unspecified atom stereocenters. The van der Waals surface area contributed by atoms with Crippen LogP contribution >= 0.6 is 0 Å². The van der Waals surface area contributed by atoms with Crippen molar-refractivity contribution < 1.29 is 0 Å². The molecule has 1 aliphatic heterocycles. The summed E-state index contributed by atoms with van der Waals surface area (Å²) in [6.07, 6.45) is 0. The molecule has 0 spiro atoms. The molecule has 0 atom stereocenters. The van der Waals surface area contributed by atoms with E-state index in [9.17, 15) is 0 Å². The third kappa shape index (κ3) is 5.54. The zero-order valence-corrected chi connectivity index (χ0v) is 32.0. The summed E-state index contributed by atoms with van der Waals surface area (Å²) in [5.74, 6) is 9.08. The fraction of sp³-hybridized carbons (Fsp3) is 0.450. The number of nitrogens with one attached hydrogen (secondary N) is 2. The van der Waals surface area contributed by atoms with Gasteiger partial charge in [0.2, 0.25) is 0 Å². The zero-order valence-electron chi connectivity index (χ0n) is 30.0. The van der Waals surface area contributed by atoms with Crippen molar-refractivity contribution in [3.8, 4) is 22.9 Å². The van der Waals surface area contributed by atoms with Gasteiger partial charge >= 0.3 is 0 Å². The Kier molecular flexibility index (Phi) is 9.47. The van der Waals surface area contributed by atoms with Crippen molar-refractivity contribution >= 4 is 61.0 Å². The Hall–Kier alpha value is -3.59. The summed E-state index contributed by atoms with van der Waals surface area (Å²) in [4.78, 5) is 10.7. The summed E-state index contributed by atoms with van der Waals surface area (Å²) in [6.45, 7) is 28.4. The largest absolute Gasteiger partial charge is 0.335 e. The molecule has 6 heteroatoms. The topological polar surface area (TPSA) is 49.8 Å². The average Bonchev–Trinajstić information content (AvgIpc) is 2.99. The van der Waals surface area contributed by atoms with E-state index in [4.69, 9.17) is 9.97 Å². The van der Waals surface area contributed by atoms with Gasteiger partial charge in [-0.3, -0.25) is 0 Å². The number of para-hydroxylation sites is 2. The Labute approximate surface area is 279 Å². The number of hydrogen-bond acceptors (Lipinski definition) is 4. The first-order valence-electron chi connectivity index (χ1n) is 17.2. The summed E-state index contributed by atoms with van der Waals surface area (Å²) in [5, 5.41) is 9.31. The number of fused-ring (bicyclic) bond motifs is 4. The first-order chi connectivity index (χ1) is 21.7. The van der Waals surface area contributed by atoms with Gasteiger partial charge in [-0.1, -0.05) is 131 Å². The van der Waals surface area contributed by atoms with Gasteiger partial charge in [0.1, 0.15) is 27.2 Å². The van der Waals surface area contributed by atoms with Crippen LogP contribution in [0.15, 0.2) is 48.5 Å². The van der Waals surface area contributed by atoms with Crippen LogP contribution in [0.25, 0.3) is 21.8 Å². The molecule has 2 N–H and O–H groups in total. The third-order valence-electron chi connectivity index (χ3n) is 10.8. The lowest BCUT2D eigenvalue weighted by Gasteiger charge is -2.38. The van der Waals surface area contributed by atoms with Crippen molar-refractivity contribution in [2.24, 2.45) is 0 Å². The molecule has 0 bridgehead atoms. The van der Waals surface area contributed by atoms with Crippen LogP contribution in [0, 0.1) is 22.9 Å². The van der Waals surface area contributed by atoms with Crippen LogP contribution < -0.4 is 10.6 Å². The van der Waals surface area contributed by atoms with E-state index >= 15 is 0 Å². The van der Waals surface area contributed by atoms with Crippen molar-refractivity contribution in [1.29, 1.82) is 0 Å². The molecule has 46 heavy (non-hydrogen) atoms. The second kappa shape index (κ2) is 12.9. The fourth-order valence-electron chi connectivity index (χ4n) is 8.55. The molecule has 4 nitrogen and oxygen atoms in total. The van der Waals surface area contributed by atoms with Crippen molar-refractivity contribution in [2.75, 3.05) is 10.6 Å². The summed E-state index contributed by atoms with van der Waals surface area (Å²) < 4.78 is 0. The number of anilines is 4. The molecule has 1 aliphatic rings. The fourth-order valence-corrected chi connectivity index (χ4v) is 19.0. The van der Waals surface area contributed by atoms with Gasteiger partial charge in [0.05, 0.1) is 22.5 Å². The number of hydrogen-bond donors (Lipinski definition) is 2. The highest BCUT2D eigenvalue weighted by atomic mass is 28.3. The Morgan fingerprint density at radius 2 is 0.783 bits per heavy atom. The summed E-state index contributed by atoms with van der Waals surface area (Å²) in [5.41, 5.74) is 16.8. The van der Waals surface area contributed by atoms with Crippen LogP contribution in [0.3, 0.4) is 0 Å². The molecule has 0 saturated heterocycles. The first kappa shape index (κ1) is 33.8. The van der Waals surface area contributed by atoms with E-state index in [-0.39, 0.29) is 0 Å². The Balaban J connectivity index is 1.91. The van der Waals surface area contributed by atoms with Crippen LogP contribution in [-0.4, -0.2) is 26.1 Å². The Morgan fingerprint density at radius 3 is 1.09 bits per heavy atom. The summed E-state index contributed by atoms with van der Waals surface area (Å²) in [6, 6.07) is 16.8. The second-order valence-corrected chi connectivity index (χ2v) is 26.2. The van der Waals surface area contributed by atoms with Crippen molar-refractivity contribution in [1.82, 2.24) is 9.97 Å². The minimum absolute atomic E-state index is 0.532. The van der Waals surface area contributed by atoms with Gasteiger partial charge in [-0.2, -0.15) is 0 Å². The lowest BCUT2D eigenvalue weighted by molar-refractivity contribution is 0.838. The van der Waals surface area contributed by atoms with Gasteiger partial charge < -0.3 is 10.6 Å². The predicted octanol–water partition coefficient (Wildman–Crippen LogP) is 11.7. The van der Waals surface area contributed by atoms with E-state index in [1.807, 2.05) is 12.1 Å². The maximum Gasteiger partial charge on any atom is 0.174 e. The van der Waals surface area contributed by atoms with Crippen LogP contribution in [-0.2, 0) is 0 Å². The van der Waals surface area contributed by atoms with Gasteiger partial charge in [-0.15, -0.1) is 11.1 Å². The van der Waals surface area contributed by atoms with E-state index in [0.29, 0.717) is 33.2 Å². The predicted molar refractivity (Wildman–Crippen MR) is 206 cm³/mol. The number of nitrogens with zero attached hydrogens (tertiary/aromatic N) is 2. The zero-order chi connectivity index (χ0) is 33.6. The van der Waals surface area contributed by atoms with Crippen LogP contribution in [0.1, 0.15) is 94.2 Å². The number of aromatic nitrogens is 2. The van der Waals surface area contributed by atoms with E-state index in [2.05, 4.69) is 153 Å². The van der Waals surface area contributed by atoms with E-state index in [1.54, 1.807) is 0 Å². The van der Waals surface area contributed by atoms with Gasteiger partial charge in [0, 0.05) is 10.8 Å². The minimum atomic E-state index is -2.01. The van der Waals surface area contributed by atoms with Gasteiger partial charge in [0.25, 0.3) is 0 Å². The SMILES string of the molecule is CC(C)[Si](C#Cc1c2ccccc2c(C#C[Si](C(C)C)(C(C)C)C(C)C)c2nc3c(nc12)Nc1ccccc1N3)(C(C)C)C(C)C. The minimum Gasteiger partial charge on any atom is -0.335 e. The smallest absolute Gasteiger partial charge is 0.174 e. The molecule has 0 aliphatic carbocycles. The van der Waals surface area contributed by atoms with Crippen LogP contribution in [0.4, 0.5) is 23.0 Å². The highest BCUT2D eigenvalue weighted by Crippen LogP contribution is 2.44. The molecular weight excluding hydrogens is 593 g/mol. The monoisotopic (exact) mass is 644 g/mol. The quantitative estimate of drug-likeness (QED) is 0.110. The molecule has 2 heterocycles. The van der Waals surface area contributed by atoms with Gasteiger partial charge in [-0.25, -0.2) is 9.97 Å². The molecule has 3 aromatic carbocycles. The number of rotatable bonds is 6. The Bertz CT molecular complexity index is 1720. The van der Waals surface area contributed by atoms with Crippen LogP contribution in [0.5, 0.6) is 0 Å². The van der Waals surface area contributed by atoms with E-state index in [1.165, 1.54) is 0 Å². The normalized spacial score (nSPS) is 13.1. The molecule has 0 saturated carbocycles. The first-order valence-corrected chi connectivity index (χ1v) is 21.7. The molecule has 5 rings (SSSR count). The van der Waals surface area contributed by atoms with Gasteiger partial charge in [-0.05, 0) is 45.4 Å². The lowest BCUT2D eigenvalue weighted by Crippen LogP contribution is -2.43.